The Morgan fingerprint density at radius 3 is 2.93 bits per heavy atom. The van der Waals surface area contributed by atoms with Gasteiger partial charge in [0.1, 0.15) is 17.3 Å². The van der Waals surface area contributed by atoms with Gasteiger partial charge in [0, 0.05) is 31.0 Å². The van der Waals surface area contributed by atoms with Crippen molar-refractivity contribution in [3.8, 4) is 11.4 Å². The summed E-state index contributed by atoms with van der Waals surface area (Å²) in [6, 6.07) is 5.57. The van der Waals surface area contributed by atoms with E-state index in [1.54, 1.807) is 25.4 Å². The van der Waals surface area contributed by atoms with Gasteiger partial charge in [-0.2, -0.15) is 10.1 Å². The summed E-state index contributed by atoms with van der Waals surface area (Å²) in [4.78, 5) is 8.67. The molecule has 0 aliphatic carbocycles. The molecular weight excluding hydrogens is 385 g/mol. The van der Waals surface area contributed by atoms with Crippen LogP contribution in [0.5, 0.6) is 5.75 Å². The van der Waals surface area contributed by atoms with Crippen LogP contribution in [-0.2, 0) is 6.42 Å². The first-order valence-corrected chi connectivity index (χ1v) is 10.0. The number of hydrogen-bond donors (Lipinski definition) is 3. The van der Waals surface area contributed by atoms with Gasteiger partial charge in [0.2, 0.25) is 5.95 Å². The van der Waals surface area contributed by atoms with Gasteiger partial charge < -0.3 is 20.7 Å². The summed E-state index contributed by atoms with van der Waals surface area (Å²) in [6.45, 7) is 2.90. The molecular formula is C21H26FN7O. The maximum Gasteiger partial charge on any atom is 0.229 e. The second kappa shape index (κ2) is 8.66. The van der Waals surface area contributed by atoms with Crippen LogP contribution in [-0.4, -0.2) is 46.5 Å². The van der Waals surface area contributed by atoms with E-state index in [-0.39, 0.29) is 11.4 Å². The number of aryl methyl sites for hydroxylation is 1. The zero-order chi connectivity index (χ0) is 21.1. The van der Waals surface area contributed by atoms with Crippen molar-refractivity contribution in [2.24, 2.45) is 0 Å². The molecule has 1 aromatic carbocycles. The lowest BCUT2D eigenvalue weighted by Gasteiger charge is -2.14. The van der Waals surface area contributed by atoms with Gasteiger partial charge in [-0.15, -0.1) is 0 Å². The van der Waals surface area contributed by atoms with Crippen LogP contribution in [0.25, 0.3) is 5.69 Å². The molecule has 0 unspecified atom stereocenters. The van der Waals surface area contributed by atoms with Gasteiger partial charge in [0.15, 0.2) is 5.82 Å². The SMILES string of the molecule is CNc1cc(C)nc(Nc2ccc(OC)c(-n3cc(C[C@@H]4CCCN4)cn3)c2F)n1. The average molecular weight is 411 g/mol. The normalized spacial score (nSPS) is 15.9. The quantitative estimate of drug-likeness (QED) is 0.550. The minimum absolute atomic E-state index is 0.243. The number of aromatic nitrogens is 4. The molecule has 0 bridgehead atoms. The highest BCUT2D eigenvalue weighted by atomic mass is 19.1. The molecule has 1 aliphatic heterocycles. The Kier molecular flexibility index (Phi) is 5.80. The molecule has 0 saturated carbocycles. The van der Waals surface area contributed by atoms with Gasteiger partial charge in [0.05, 0.1) is 19.0 Å². The summed E-state index contributed by atoms with van der Waals surface area (Å²) < 4.78 is 22.4. The largest absolute Gasteiger partial charge is 0.494 e. The van der Waals surface area contributed by atoms with Gasteiger partial charge in [-0.25, -0.2) is 14.1 Å². The lowest BCUT2D eigenvalue weighted by atomic mass is 10.1. The molecule has 3 N–H and O–H groups in total. The van der Waals surface area contributed by atoms with Crippen LogP contribution in [0, 0.1) is 12.7 Å². The van der Waals surface area contributed by atoms with E-state index in [4.69, 9.17) is 4.74 Å². The molecule has 4 rings (SSSR count). The van der Waals surface area contributed by atoms with E-state index in [1.807, 2.05) is 19.2 Å². The number of ether oxygens (including phenoxy) is 1. The van der Waals surface area contributed by atoms with Crippen LogP contribution in [0.4, 0.5) is 21.8 Å². The molecule has 0 spiro atoms. The number of nitrogens with zero attached hydrogens (tertiary/aromatic N) is 4. The van der Waals surface area contributed by atoms with Crippen molar-refractivity contribution in [3.63, 3.8) is 0 Å². The molecule has 3 aromatic rings. The van der Waals surface area contributed by atoms with Crippen molar-refractivity contribution >= 4 is 17.5 Å². The summed E-state index contributed by atoms with van der Waals surface area (Å²) in [7, 11) is 3.29. The number of nitrogens with one attached hydrogen (secondary N) is 3. The second-order valence-corrected chi connectivity index (χ2v) is 7.36. The summed E-state index contributed by atoms with van der Waals surface area (Å²) in [5, 5.41) is 13.8. The van der Waals surface area contributed by atoms with E-state index in [0.717, 1.165) is 30.6 Å². The van der Waals surface area contributed by atoms with Crippen molar-refractivity contribution in [2.75, 3.05) is 31.3 Å². The fraction of sp³-hybridized carbons (Fsp3) is 0.381. The maximum atomic E-state index is 15.5. The predicted molar refractivity (Wildman–Crippen MR) is 114 cm³/mol. The number of anilines is 3. The van der Waals surface area contributed by atoms with Crippen molar-refractivity contribution in [2.45, 2.75) is 32.2 Å². The van der Waals surface area contributed by atoms with Crippen molar-refractivity contribution in [1.29, 1.82) is 0 Å². The Labute approximate surface area is 174 Å². The molecule has 1 aliphatic rings. The molecule has 8 nitrogen and oxygen atoms in total. The number of hydrogen-bond acceptors (Lipinski definition) is 7. The first-order chi connectivity index (χ1) is 14.6. The third-order valence-corrected chi connectivity index (χ3v) is 5.17. The molecule has 0 amide bonds. The fourth-order valence-corrected chi connectivity index (χ4v) is 3.70. The number of benzene rings is 1. The second-order valence-electron chi connectivity index (χ2n) is 7.36. The van der Waals surface area contributed by atoms with Crippen LogP contribution in [0.1, 0.15) is 24.1 Å². The van der Waals surface area contributed by atoms with Crippen LogP contribution >= 0.6 is 0 Å². The monoisotopic (exact) mass is 411 g/mol. The lowest BCUT2D eigenvalue weighted by Crippen LogP contribution is -2.23. The van der Waals surface area contributed by atoms with Gasteiger partial charge in [-0.3, -0.25) is 0 Å². The van der Waals surface area contributed by atoms with Gasteiger partial charge in [-0.05, 0) is 50.4 Å². The Bertz CT molecular complexity index is 1030. The highest BCUT2D eigenvalue weighted by Crippen LogP contribution is 2.32. The van der Waals surface area contributed by atoms with Crippen LogP contribution in [0.3, 0.4) is 0 Å². The highest BCUT2D eigenvalue weighted by molar-refractivity contribution is 5.64. The minimum Gasteiger partial charge on any atom is -0.494 e. The number of methoxy groups -OCH3 is 1. The molecule has 1 fully saturated rings. The van der Waals surface area contributed by atoms with E-state index >= 15 is 4.39 Å². The molecule has 1 saturated heterocycles. The van der Waals surface area contributed by atoms with Crippen LogP contribution in [0.15, 0.2) is 30.6 Å². The first kappa shape index (κ1) is 20.1. The van der Waals surface area contributed by atoms with E-state index in [1.165, 1.54) is 18.2 Å². The van der Waals surface area contributed by atoms with E-state index in [2.05, 4.69) is 31.0 Å². The molecule has 9 heteroatoms. The smallest absolute Gasteiger partial charge is 0.229 e. The first-order valence-electron chi connectivity index (χ1n) is 10.0. The van der Waals surface area contributed by atoms with Gasteiger partial charge in [0.25, 0.3) is 0 Å². The van der Waals surface area contributed by atoms with E-state index < -0.39 is 5.82 Å². The van der Waals surface area contributed by atoms with Crippen LogP contribution in [0.2, 0.25) is 0 Å². The summed E-state index contributed by atoms with van der Waals surface area (Å²) in [6.07, 6.45) is 6.83. The fourth-order valence-electron chi connectivity index (χ4n) is 3.70. The Balaban J connectivity index is 1.65. The molecule has 1 atom stereocenters. The topological polar surface area (TPSA) is 88.9 Å². The van der Waals surface area contributed by atoms with Gasteiger partial charge in [-0.1, -0.05) is 0 Å². The van der Waals surface area contributed by atoms with Crippen LogP contribution < -0.4 is 20.7 Å². The Hall–Kier alpha value is -3.20. The van der Waals surface area contributed by atoms with Crippen molar-refractivity contribution in [1.82, 2.24) is 25.1 Å². The zero-order valence-corrected chi connectivity index (χ0v) is 17.4. The Morgan fingerprint density at radius 2 is 2.20 bits per heavy atom. The maximum absolute atomic E-state index is 15.5. The number of rotatable bonds is 7. The Morgan fingerprint density at radius 1 is 1.33 bits per heavy atom. The standard InChI is InChI=1S/C21H26FN7O/c1-13-9-18(23-2)28-21(26-13)27-16-6-7-17(30-3)20(19(16)22)29-12-14(11-25-29)10-15-5-4-8-24-15/h6-7,9,11-12,15,24H,4-5,8,10H2,1-3H3,(H2,23,26,27,28)/t15-/m0/s1. The highest BCUT2D eigenvalue weighted by Gasteiger charge is 2.20. The lowest BCUT2D eigenvalue weighted by molar-refractivity contribution is 0.407. The number of halogens is 1. The predicted octanol–water partition coefficient (Wildman–Crippen LogP) is 3.20. The third kappa shape index (κ3) is 4.20. The molecule has 3 heterocycles. The molecule has 2 aromatic heterocycles. The average Bonchev–Trinajstić information content (AvgIpc) is 3.41. The van der Waals surface area contributed by atoms with E-state index in [9.17, 15) is 0 Å². The summed E-state index contributed by atoms with van der Waals surface area (Å²) in [5.74, 6) is 0.867. The third-order valence-electron chi connectivity index (χ3n) is 5.17. The summed E-state index contributed by atoms with van der Waals surface area (Å²) in [5.41, 5.74) is 2.31. The molecule has 0 radical (unpaired) electrons. The van der Waals surface area contributed by atoms with Crippen molar-refractivity contribution in [3.05, 3.63) is 47.7 Å². The molecule has 158 valence electrons. The van der Waals surface area contributed by atoms with Gasteiger partial charge >= 0.3 is 0 Å². The van der Waals surface area contributed by atoms with Crippen molar-refractivity contribution < 1.29 is 9.13 Å². The summed E-state index contributed by atoms with van der Waals surface area (Å²) >= 11 is 0. The molecule has 30 heavy (non-hydrogen) atoms. The minimum atomic E-state index is -0.487. The zero-order valence-electron chi connectivity index (χ0n) is 17.4. The van der Waals surface area contributed by atoms with E-state index in [0.29, 0.717) is 23.6 Å².